The molecule has 1 amide bonds. The Hall–Kier alpha value is -3.06. The zero-order valence-corrected chi connectivity index (χ0v) is 16.8. The van der Waals surface area contributed by atoms with Crippen molar-refractivity contribution in [3.05, 3.63) is 92.1 Å². The van der Waals surface area contributed by atoms with Crippen molar-refractivity contribution in [2.24, 2.45) is 0 Å². The second-order valence-corrected chi connectivity index (χ2v) is 7.69. The maximum Gasteiger partial charge on any atom is 0.268 e. The minimum atomic E-state index is -0.606. The molecule has 0 fully saturated rings. The summed E-state index contributed by atoms with van der Waals surface area (Å²) in [6, 6.07) is 13.8. The molecule has 1 aliphatic rings. The van der Waals surface area contributed by atoms with Gasteiger partial charge in [-0.2, -0.15) is 0 Å². The minimum absolute atomic E-state index is 0.112. The Balaban J connectivity index is 1.86. The fourth-order valence-corrected chi connectivity index (χ4v) is 3.88. The Labute approximate surface area is 174 Å². The van der Waals surface area contributed by atoms with Crippen LogP contribution in [-0.4, -0.2) is 16.3 Å². The van der Waals surface area contributed by atoms with E-state index in [9.17, 15) is 18.8 Å². The average Bonchev–Trinajstić information content (AvgIpc) is 2.69. The number of Topliss-reactive ketones (excluding diaryl/α,β-unsaturated/α-hetero) is 1. The van der Waals surface area contributed by atoms with Gasteiger partial charge in [0.05, 0.1) is 0 Å². The largest absolute Gasteiger partial charge is 0.322 e. The Kier molecular flexibility index (Phi) is 5.15. The van der Waals surface area contributed by atoms with Gasteiger partial charge in [-0.3, -0.25) is 19.0 Å². The van der Waals surface area contributed by atoms with Gasteiger partial charge in [0.25, 0.3) is 11.5 Å². The lowest BCUT2D eigenvalue weighted by Crippen LogP contribution is -2.33. The van der Waals surface area contributed by atoms with Gasteiger partial charge in [-0.05, 0) is 61.4 Å². The van der Waals surface area contributed by atoms with Crippen LogP contribution in [0.25, 0.3) is 5.69 Å². The fourth-order valence-electron chi connectivity index (χ4n) is 3.48. The Morgan fingerprint density at radius 3 is 2.52 bits per heavy atom. The number of nitrogens with zero attached hydrogens (tertiary/aromatic N) is 1. The van der Waals surface area contributed by atoms with E-state index >= 15 is 0 Å². The van der Waals surface area contributed by atoms with E-state index in [4.69, 9.17) is 0 Å². The Morgan fingerprint density at radius 2 is 1.79 bits per heavy atom. The predicted octanol–water partition coefficient (Wildman–Crippen LogP) is 4.51. The quantitative estimate of drug-likeness (QED) is 0.632. The van der Waals surface area contributed by atoms with Crippen LogP contribution in [0.4, 0.5) is 10.1 Å². The monoisotopic (exact) mass is 454 g/mol. The second-order valence-electron chi connectivity index (χ2n) is 6.78. The van der Waals surface area contributed by atoms with Crippen LogP contribution in [0.3, 0.4) is 0 Å². The Bertz CT molecular complexity index is 1190. The normalized spacial score (nSPS) is 13.1. The van der Waals surface area contributed by atoms with Crippen molar-refractivity contribution in [3.63, 3.8) is 0 Å². The molecule has 1 heterocycles. The summed E-state index contributed by atoms with van der Waals surface area (Å²) in [4.78, 5) is 38.6. The van der Waals surface area contributed by atoms with Gasteiger partial charge >= 0.3 is 0 Å². The fraction of sp³-hybridized carbons (Fsp3) is 0.136. The van der Waals surface area contributed by atoms with Gasteiger partial charge in [0.1, 0.15) is 11.4 Å². The van der Waals surface area contributed by atoms with E-state index in [-0.39, 0.29) is 11.3 Å². The first-order valence-electron chi connectivity index (χ1n) is 9.09. The third-order valence-electron chi connectivity index (χ3n) is 4.83. The number of carbonyl (C=O) groups is 2. The van der Waals surface area contributed by atoms with Crippen molar-refractivity contribution in [2.45, 2.75) is 19.3 Å². The lowest BCUT2D eigenvalue weighted by molar-refractivity contribution is 0.0971. The van der Waals surface area contributed by atoms with Crippen LogP contribution < -0.4 is 10.9 Å². The van der Waals surface area contributed by atoms with Crippen LogP contribution >= 0.6 is 15.9 Å². The first-order chi connectivity index (χ1) is 13.9. The number of fused-ring (bicyclic) bond motifs is 1. The molecule has 2 aromatic carbocycles. The summed E-state index contributed by atoms with van der Waals surface area (Å²) in [7, 11) is 0. The van der Waals surface area contributed by atoms with Gasteiger partial charge in [0.2, 0.25) is 0 Å². The predicted molar refractivity (Wildman–Crippen MR) is 111 cm³/mol. The summed E-state index contributed by atoms with van der Waals surface area (Å²) in [6.07, 6.45) is 1.51. The molecule has 0 saturated carbocycles. The number of halogens is 2. The summed E-state index contributed by atoms with van der Waals surface area (Å²) in [5.41, 5.74) is 1.16. The molecule has 7 heteroatoms. The summed E-state index contributed by atoms with van der Waals surface area (Å²) in [5.74, 6) is -1.15. The molecule has 3 aromatic rings. The first-order valence-corrected chi connectivity index (χ1v) is 9.88. The standard InChI is InChI=1S/C22H16BrFN2O3/c23-13-3-1-4-15(11-13)25-21(28)18-12-17-19(5-2-6-20(17)27)26(22(18)29)16-9-7-14(24)8-10-16/h1,3-4,7-12H,2,5-6H2,(H,25,28). The smallest absolute Gasteiger partial charge is 0.268 e. The number of amides is 1. The van der Waals surface area contributed by atoms with E-state index in [0.29, 0.717) is 41.9 Å². The molecule has 0 bridgehead atoms. The topological polar surface area (TPSA) is 68.2 Å². The van der Waals surface area contributed by atoms with E-state index in [1.54, 1.807) is 18.2 Å². The summed E-state index contributed by atoms with van der Waals surface area (Å²) in [6.45, 7) is 0. The van der Waals surface area contributed by atoms with Crippen LogP contribution in [0.15, 0.2) is 63.9 Å². The first kappa shape index (κ1) is 19.3. The van der Waals surface area contributed by atoms with Crippen molar-refractivity contribution in [1.82, 2.24) is 4.57 Å². The van der Waals surface area contributed by atoms with Gasteiger partial charge in [-0.1, -0.05) is 22.0 Å². The number of benzene rings is 2. The number of pyridine rings is 1. The molecule has 0 spiro atoms. The molecule has 0 radical (unpaired) electrons. The van der Waals surface area contributed by atoms with Crippen LogP contribution in [0.1, 0.15) is 39.3 Å². The molecule has 29 heavy (non-hydrogen) atoms. The van der Waals surface area contributed by atoms with E-state index in [0.717, 1.165) is 4.47 Å². The molecule has 0 aliphatic heterocycles. The molecule has 0 saturated heterocycles. The third kappa shape index (κ3) is 3.78. The second kappa shape index (κ2) is 7.75. The number of anilines is 1. The van der Waals surface area contributed by atoms with Gasteiger partial charge in [-0.15, -0.1) is 0 Å². The zero-order chi connectivity index (χ0) is 20.5. The van der Waals surface area contributed by atoms with E-state index < -0.39 is 17.3 Å². The van der Waals surface area contributed by atoms with Crippen molar-refractivity contribution in [1.29, 1.82) is 0 Å². The minimum Gasteiger partial charge on any atom is -0.322 e. The molecule has 0 atom stereocenters. The van der Waals surface area contributed by atoms with Gasteiger partial charge in [0.15, 0.2) is 5.78 Å². The number of rotatable bonds is 3. The van der Waals surface area contributed by atoms with Gasteiger partial charge < -0.3 is 5.32 Å². The molecule has 0 unspecified atom stereocenters. The van der Waals surface area contributed by atoms with E-state index in [1.165, 1.54) is 34.9 Å². The van der Waals surface area contributed by atoms with Crippen LogP contribution in [-0.2, 0) is 6.42 Å². The molecule has 4 rings (SSSR count). The summed E-state index contributed by atoms with van der Waals surface area (Å²) in [5, 5.41) is 2.70. The molecular formula is C22H16BrFN2O3. The maximum atomic E-state index is 13.4. The molecule has 1 aliphatic carbocycles. The number of hydrogen-bond donors (Lipinski definition) is 1. The number of nitrogens with one attached hydrogen (secondary N) is 1. The highest BCUT2D eigenvalue weighted by molar-refractivity contribution is 9.10. The highest BCUT2D eigenvalue weighted by Gasteiger charge is 2.26. The molecule has 5 nitrogen and oxygen atoms in total. The third-order valence-corrected chi connectivity index (χ3v) is 5.33. The molecule has 1 aromatic heterocycles. The summed E-state index contributed by atoms with van der Waals surface area (Å²) < 4.78 is 15.5. The Morgan fingerprint density at radius 1 is 1.03 bits per heavy atom. The number of carbonyl (C=O) groups excluding carboxylic acids is 2. The lowest BCUT2D eigenvalue weighted by Gasteiger charge is -2.21. The SMILES string of the molecule is O=C1CCCc2c1cc(C(=O)Nc1cccc(Br)c1)c(=O)n2-c1ccc(F)cc1. The number of aromatic nitrogens is 1. The highest BCUT2D eigenvalue weighted by Crippen LogP contribution is 2.24. The average molecular weight is 455 g/mol. The zero-order valence-electron chi connectivity index (χ0n) is 15.2. The highest BCUT2D eigenvalue weighted by atomic mass is 79.9. The maximum absolute atomic E-state index is 13.4. The van der Waals surface area contributed by atoms with Crippen molar-refractivity contribution in [3.8, 4) is 5.69 Å². The summed E-state index contributed by atoms with van der Waals surface area (Å²) >= 11 is 3.34. The molecule has 146 valence electrons. The van der Waals surface area contributed by atoms with Crippen LogP contribution in [0, 0.1) is 5.82 Å². The molecular weight excluding hydrogens is 439 g/mol. The number of ketones is 1. The number of hydrogen-bond acceptors (Lipinski definition) is 3. The van der Waals surface area contributed by atoms with Crippen molar-refractivity contribution >= 4 is 33.3 Å². The van der Waals surface area contributed by atoms with Crippen molar-refractivity contribution in [2.75, 3.05) is 5.32 Å². The van der Waals surface area contributed by atoms with Crippen molar-refractivity contribution < 1.29 is 14.0 Å². The van der Waals surface area contributed by atoms with E-state index in [2.05, 4.69) is 21.2 Å². The lowest BCUT2D eigenvalue weighted by atomic mass is 9.92. The van der Waals surface area contributed by atoms with Crippen LogP contribution in [0.2, 0.25) is 0 Å². The van der Waals surface area contributed by atoms with E-state index in [1.807, 2.05) is 6.07 Å². The van der Waals surface area contributed by atoms with Gasteiger partial charge in [-0.25, -0.2) is 4.39 Å². The van der Waals surface area contributed by atoms with Gasteiger partial charge in [0, 0.05) is 33.5 Å². The molecule has 1 N–H and O–H groups in total. The van der Waals surface area contributed by atoms with Crippen LogP contribution in [0.5, 0.6) is 0 Å².